The van der Waals surface area contributed by atoms with Crippen molar-refractivity contribution in [2.45, 2.75) is 64.9 Å². The highest BCUT2D eigenvalue weighted by Gasteiger charge is 2.28. The molecule has 17 heavy (non-hydrogen) atoms. The van der Waals surface area contributed by atoms with Gasteiger partial charge in [0.05, 0.1) is 6.10 Å². The van der Waals surface area contributed by atoms with E-state index < -0.39 is 0 Å². The molecule has 1 aliphatic rings. The third-order valence-electron chi connectivity index (χ3n) is 3.82. The topological polar surface area (TPSA) is 40.5 Å². The van der Waals surface area contributed by atoms with Gasteiger partial charge in [-0.3, -0.25) is 4.79 Å². The standard InChI is InChI=1S/C14H27NO2/c1-3-5-6-7-8-14(17)15-10-9-13(16)12(4-2)11-15/h12-13,16H,3-11H2,1-2H3. The third kappa shape index (κ3) is 4.66. The maximum atomic E-state index is 12.0. The van der Waals surface area contributed by atoms with Crippen molar-refractivity contribution in [2.75, 3.05) is 13.1 Å². The first kappa shape index (κ1) is 14.5. The van der Waals surface area contributed by atoms with Crippen LogP contribution >= 0.6 is 0 Å². The van der Waals surface area contributed by atoms with Crippen molar-refractivity contribution >= 4 is 5.91 Å². The maximum Gasteiger partial charge on any atom is 0.222 e. The summed E-state index contributed by atoms with van der Waals surface area (Å²) in [4.78, 5) is 13.9. The van der Waals surface area contributed by atoms with Gasteiger partial charge in [-0.25, -0.2) is 0 Å². The Morgan fingerprint density at radius 3 is 2.71 bits per heavy atom. The number of amides is 1. The van der Waals surface area contributed by atoms with E-state index in [4.69, 9.17) is 0 Å². The van der Waals surface area contributed by atoms with Crippen molar-refractivity contribution in [2.24, 2.45) is 5.92 Å². The van der Waals surface area contributed by atoms with Crippen molar-refractivity contribution in [1.82, 2.24) is 4.90 Å². The number of nitrogens with zero attached hydrogens (tertiary/aromatic N) is 1. The number of carbonyl (C=O) groups excluding carboxylic acids is 1. The minimum absolute atomic E-state index is 0.204. The van der Waals surface area contributed by atoms with Gasteiger partial charge in [0.25, 0.3) is 0 Å². The largest absolute Gasteiger partial charge is 0.393 e. The van der Waals surface area contributed by atoms with Crippen LogP contribution in [0.5, 0.6) is 0 Å². The molecule has 0 aromatic rings. The van der Waals surface area contributed by atoms with Crippen molar-refractivity contribution < 1.29 is 9.90 Å². The van der Waals surface area contributed by atoms with Crippen LogP contribution in [0, 0.1) is 5.92 Å². The molecule has 0 aromatic carbocycles. The summed E-state index contributed by atoms with van der Waals surface area (Å²) in [6.07, 6.45) is 6.81. The second kappa shape index (κ2) is 7.70. The van der Waals surface area contributed by atoms with Crippen LogP contribution in [0.15, 0.2) is 0 Å². The molecule has 3 heteroatoms. The number of aliphatic hydroxyl groups is 1. The summed E-state index contributed by atoms with van der Waals surface area (Å²) in [6, 6.07) is 0. The van der Waals surface area contributed by atoms with Crippen LogP contribution in [0.3, 0.4) is 0 Å². The molecule has 0 radical (unpaired) electrons. The molecule has 1 heterocycles. The van der Waals surface area contributed by atoms with Gasteiger partial charge in [0.15, 0.2) is 0 Å². The fraction of sp³-hybridized carbons (Fsp3) is 0.929. The molecule has 1 fully saturated rings. The second-order valence-electron chi connectivity index (χ2n) is 5.17. The van der Waals surface area contributed by atoms with Crippen LogP contribution in [0.2, 0.25) is 0 Å². The quantitative estimate of drug-likeness (QED) is 0.726. The van der Waals surface area contributed by atoms with Gasteiger partial charge in [-0.15, -0.1) is 0 Å². The molecule has 0 bridgehead atoms. The van der Waals surface area contributed by atoms with E-state index in [1.807, 2.05) is 4.90 Å². The molecule has 100 valence electrons. The molecular formula is C14H27NO2. The Labute approximate surface area is 105 Å². The van der Waals surface area contributed by atoms with Gasteiger partial charge in [-0.2, -0.15) is 0 Å². The fourth-order valence-electron chi connectivity index (χ4n) is 2.51. The van der Waals surface area contributed by atoms with Gasteiger partial charge in [0, 0.05) is 25.4 Å². The van der Waals surface area contributed by atoms with Crippen LogP contribution in [0.4, 0.5) is 0 Å². The van der Waals surface area contributed by atoms with Crippen LogP contribution in [0.25, 0.3) is 0 Å². The summed E-state index contributed by atoms with van der Waals surface area (Å²) in [5.41, 5.74) is 0. The number of piperidine rings is 1. The molecule has 0 aromatic heterocycles. The van der Waals surface area contributed by atoms with Gasteiger partial charge in [0.2, 0.25) is 5.91 Å². The smallest absolute Gasteiger partial charge is 0.222 e. The number of hydrogen-bond acceptors (Lipinski definition) is 2. The Kier molecular flexibility index (Phi) is 6.56. The molecule has 0 aliphatic carbocycles. The van der Waals surface area contributed by atoms with Gasteiger partial charge in [0.1, 0.15) is 0 Å². The Balaban J connectivity index is 2.27. The highest BCUT2D eigenvalue weighted by Crippen LogP contribution is 2.21. The van der Waals surface area contributed by atoms with Gasteiger partial charge >= 0.3 is 0 Å². The number of aliphatic hydroxyl groups excluding tert-OH is 1. The van der Waals surface area contributed by atoms with Crippen molar-refractivity contribution in [3.05, 3.63) is 0 Å². The summed E-state index contributed by atoms with van der Waals surface area (Å²) in [6.45, 7) is 5.76. The zero-order valence-corrected chi connectivity index (χ0v) is 11.3. The van der Waals surface area contributed by atoms with Crippen LogP contribution < -0.4 is 0 Å². The van der Waals surface area contributed by atoms with E-state index >= 15 is 0 Å². The van der Waals surface area contributed by atoms with Crippen LogP contribution in [-0.4, -0.2) is 35.1 Å². The average Bonchev–Trinajstić information content (AvgIpc) is 2.35. The molecule has 0 saturated carbocycles. The van der Waals surface area contributed by atoms with Crippen LogP contribution in [0.1, 0.15) is 58.8 Å². The summed E-state index contributed by atoms with van der Waals surface area (Å²) in [5.74, 6) is 0.565. The lowest BCUT2D eigenvalue weighted by Crippen LogP contribution is -2.45. The van der Waals surface area contributed by atoms with Crippen LogP contribution in [-0.2, 0) is 4.79 Å². The number of unbranched alkanes of at least 4 members (excludes halogenated alkanes) is 3. The van der Waals surface area contributed by atoms with E-state index in [9.17, 15) is 9.90 Å². The SMILES string of the molecule is CCCCCCC(=O)N1CCC(O)C(CC)C1. The maximum absolute atomic E-state index is 12.0. The predicted octanol–water partition coefficient (Wildman–Crippen LogP) is 2.58. The molecule has 1 saturated heterocycles. The molecule has 1 N–H and O–H groups in total. The number of carbonyl (C=O) groups is 1. The number of likely N-dealkylation sites (tertiary alicyclic amines) is 1. The lowest BCUT2D eigenvalue weighted by molar-refractivity contribution is -0.135. The Morgan fingerprint density at radius 1 is 1.29 bits per heavy atom. The van der Waals surface area contributed by atoms with E-state index in [0.717, 1.165) is 38.8 Å². The van der Waals surface area contributed by atoms with Gasteiger partial charge < -0.3 is 10.0 Å². The second-order valence-corrected chi connectivity index (χ2v) is 5.17. The van der Waals surface area contributed by atoms with E-state index in [2.05, 4.69) is 13.8 Å². The number of hydrogen-bond donors (Lipinski definition) is 1. The molecule has 1 aliphatic heterocycles. The van der Waals surface area contributed by atoms with E-state index in [0.29, 0.717) is 6.42 Å². The van der Waals surface area contributed by atoms with E-state index in [1.165, 1.54) is 12.8 Å². The third-order valence-corrected chi connectivity index (χ3v) is 3.82. The molecule has 2 unspecified atom stereocenters. The van der Waals surface area contributed by atoms with Crippen molar-refractivity contribution in [3.8, 4) is 0 Å². The molecule has 0 spiro atoms. The van der Waals surface area contributed by atoms with Gasteiger partial charge in [-0.05, 0) is 19.3 Å². The Morgan fingerprint density at radius 2 is 2.06 bits per heavy atom. The highest BCUT2D eigenvalue weighted by molar-refractivity contribution is 5.76. The first-order valence-electron chi connectivity index (χ1n) is 7.14. The summed E-state index contributed by atoms with van der Waals surface area (Å²) < 4.78 is 0. The lowest BCUT2D eigenvalue weighted by Gasteiger charge is -2.35. The first-order chi connectivity index (χ1) is 8.19. The lowest BCUT2D eigenvalue weighted by atomic mass is 9.92. The highest BCUT2D eigenvalue weighted by atomic mass is 16.3. The average molecular weight is 241 g/mol. The zero-order chi connectivity index (χ0) is 12.7. The summed E-state index contributed by atoms with van der Waals surface area (Å²) in [5, 5.41) is 9.78. The van der Waals surface area contributed by atoms with Crippen molar-refractivity contribution in [1.29, 1.82) is 0 Å². The first-order valence-corrected chi connectivity index (χ1v) is 7.14. The van der Waals surface area contributed by atoms with Gasteiger partial charge in [-0.1, -0.05) is 33.1 Å². The molecule has 3 nitrogen and oxygen atoms in total. The Bertz CT molecular complexity index is 230. The summed E-state index contributed by atoms with van der Waals surface area (Å²) in [7, 11) is 0. The minimum Gasteiger partial charge on any atom is -0.393 e. The summed E-state index contributed by atoms with van der Waals surface area (Å²) >= 11 is 0. The molecular weight excluding hydrogens is 214 g/mol. The normalized spacial score (nSPS) is 25.0. The van der Waals surface area contributed by atoms with E-state index in [1.54, 1.807) is 0 Å². The molecule has 2 atom stereocenters. The molecule has 1 amide bonds. The predicted molar refractivity (Wildman–Crippen MR) is 69.7 cm³/mol. The zero-order valence-electron chi connectivity index (χ0n) is 11.3. The van der Waals surface area contributed by atoms with E-state index in [-0.39, 0.29) is 17.9 Å². The minimum atomic E-state index is -0.204. The Hall–Kier alpha value is -0.570. The monoisotopic (exact) mass is 241 g/mol. The fourth-order valence-corrected chi connectivity index (χ4v) is 2.51. The van der Waals surface area contributed by atoms with Crippen molar-refractivity contribution in [3.63, 3.8) is 0 Å². The molecule has 1 rings (SSSR count). The number of rotatable bonds is 6.